The number of nitrogens with zero attached hydrogens (tertiary/aromatic N) is 2. The molecule has 2 aromatic rings. The number of ether oxygens (including phenoxy) is 2. The van der Waals surface area contributed by atoms with Crippen LogP contribution in [0.2, 0.25) is 5.02 Å². The highest BCUT2D eigenvalue weighted by atomic mass is 35.5. The summed E-state index contributed by atoms with van der Waals surface area (Å²) in [5, 5.41) is 0.651. The Morgan fingerprint density at radius 1 is 1.24 bits per heavy atom. The standard InChI is InChI=1S/C14H17ClN4O2/c1-2-20-9-13-17-12(19-16)7-14(18-13)21-8-10-5-3-4-6-11(10)15/h3-7H,2,8-9,16H2,1H3,(H,17,18,19). The van der Waals surface area contributed by atoms with Crippen LogP contribution in [0.3, 0.4) is 0 Å². The summed E-state index contributed by atoms with van der Waals surface area (Å²) in [5.41, 5.74) is 3.36. The summed E-state index contributed by atoms with van der Waals surface area (Å²) in [5.74, 6) is 6.77. The molecule has 0 spiro atoms. The second-order valence-electron chi connectivity index (χ2n) is 4.17. The third-order valence-electron chi connectivity index (χ3n) is 2.67. The molecule has 0 atom stereocenters. The number of nitrogens with one attached hydrogen (secondary N) is 1. The van der Waals surface area contributed by atoms with Crippen LogP contribution in [0.4, 0.5) is 5.82 Å². The maximum absolute atomic E-state index is 6.08. The van der Waals surface area contributed by atoms with E-state index in [4.69, 9.17) is 26.9 Å². The van der Waals surface area contributed by atoms with Crippen molar-refractivity contribution in [3.05, 3.63) is 46.7 Å². The lowest BCUT2D eigenvalue weighted by atomic mass is 10.2. The topological polar surface area (TPSA) is 82.3 Å². The Hall–Kier alpha value is -1.89. The first-order chi connectivity index (χ1) is 10.2. The zero-order valence-electron chi connectivity index (χ0n) is 11.7. The summed E-state index contributed by atoms with van der Waals surface area (Å²) < 4.78 is 10.9. The minimum atomic E-state index is 0.300. The fourth-order valence-electron chi connectivity index (χ4n) is 1.65. The van der Waals surface area contributed by atoms with Crippen LogP contribution >= 0.6 is 11.6 Å². The molecule has 0 aliphatic rings. The number of halogens is 1. The molecule has 1 aromatic carbocycles. The Morgan fingerprint density at radius 2 is 2.05 bits per heavy atom. The van der Waals surface area contributed by atoms with Gasteiger partial charge in [0.1, 0.15) is 19.0 Å². The molecule has 1 aromatic heterocycles. The monoisotopic (exact) mass is 308 g/mol. The number of hydrogen-bond acceptors (Lipinski definition) is 6. The van der Waals surface area contributed by atoms with E-state index in [1.165, 1.54) is 0 Å². The smallest absolute Gasteiger partial charge is 0.219 e. The van der Waals surface area contributed by atoms with Crippen molar-refractivity contribution < 1.29 is 9.47 Å². The van der Waals surface area contributed by atoms with Crippen LogP contribution in [-0.4, -0.2) is 16.6 Å². The number of nitrogen functional groups attached to an aromatic ring is 1. The SMILES string of the molecule is CCOCc1nc(NN)cc(OCc2ccccc2Cl)n1. The van der Waals surface area contributed by atoms with Crippen LogP contribution in [0.25, 0.3) is 0 Å². The zero-order chi connectivity index (χ0) is 15.1. The van der Waals surface area contributed by atoms with Crippen LogP contribution in [-0.2, 0) is 18.0 Å². The van der Waals surface area contributed by atoms with Crippen LogP contribution in [0, 0.1) is 0 Å². The molecule has 0 unspecified atom stereocenters. The summed E-state index contributed by atoms with van der Waals surface area (Å²) in [6.07, 6.45) is 0. The Bertz CT molecular complexity index is 595. The molecule has 21 heavy (non-hydrogen) atoms. The Morgan fingerprint density at radius 3 is 2.76 bits per heavy atom. The van der Waals surface area contributed by atoms with E-state index in [0.29, 0.717) is 42.4 Å². The maximum Gasteiger partial charge on any atom is 0.219 e. The van der Waals surface area contributed by atoms with E-state index in [1.807, 2.05) is 31.2 Å². The van der Waals surface area contributed by atoms with Gasteiger partial charge in [-0.3, -0.25) is 0 Å². The van der Waals surface area contributed by atoms with Gasteiger partial charge in [-0.05, 0) is 13.0 Å². The van der Waals surface area contributed by atoms with Gasteiger partial charge in [-0.25, -0.2) is 10.8 Å². The Kier molecular flexibility index (Phi) is 5.74. The molecular weight excluding hydrogens is 292 g/mol. The fraction of sp³-hybridized carbons (Fsp3) is 0.286. The molecule has 0 radical (unpaired) electrons. The van der Waals surface area contributed by atoms with E-state index in [2.05, 4.69) is 15.4 Å². The molecule has 7 heteroatoms. The van der Waals surface area contributed by atoms with Gasteiger partial charge in [0.15, 0.2) is 5.82 Å². The summed E-state index contributed by atoms with van der Waals surface area (Å²) in [4.78, 5) is 8.45. The first-order valence-corrected chi connectivity index (χ1v) is 6.89. The van der Waals surface area contributed by atoms with Crippen LogP contribution in [0.5, 0.6) is 5.88 Å². The third kappa shape index (κ3) is 4.56. The van der Waals surface area contributed by atoms with E-state index in [0.717, 1.165) is 5.56 Å². The quantitative estimate of drug-likeness (QED) is 0.604. The first kappa shape index (κ1) is 15.5. The average Bonchev–Trinajstić information content (AvgIpc) is 2.52. The number of hydrazine groups is 1. The largest absolute Gasteiger partial charge is 0.473 e. The minimum absolute atomic E-state index is 0.300. The van der Waals surface area contributed by atoms with Crippen molar-refractivity contribution in [2.75, 3.05) is 12.0 Å². The number of aromatic nitrogens is 2. The highest BCUT2D eigenvalue weighted by Crippen LogP contribution is 2.19. The number of hydrogen-bond donors (Lipinski definition) is 2. The molecule has 0 fully saturated rings. The molecule has 112 valence electrons. The molecule has 2 rings (SSSR count). The molecule has 0 saturated carbocycles. The van der Waals surface area contributed by atoms with Crippen LogP contribution in [0.1, 0.15) is 18.3 Å². The lowest BCUT2D eigenvalue weighted by molar-refractivity contribution is 0.127. The molecule has 0 aliphatic heterocycles. The van der Waals surface area contributed by atoms with E-state index in [9.17, 15) is 0 Å². The Balaban J connectivity index is 2.09. The van der Waals surface area contributed by atoms with Crippen molar-refractivity contribution in [3.8, 4) is 5.88 Å². The van der Waals surface area contributed by atoms with Gasteiger partial charge >= 0.3 is 0 Å². The zero-order valence-corrected chi connectivity index (χ0v) is 12.4. The van der Waals surface area contributed by atoms with Crippen LogP contribution < -0.4 is 16.0 Å². The van der Waals surface area contributed by atoms with Gasteiger partial charge in [0, 0.05) is 23.3 Å². The summed E-state index contributed by atoms with van der Waals surface area (Å²) in [6.45, 7) is 3.10. The van der Waals surface area contributed by atoms with Crippen LogP contribution in [0.15, 0.2) is 30.3 Å². The Labute approximate surface area is 128 Å². The number of anilines is 1. The van der Waals surface area contributed by atoms with Gasteiger partial charge in [0.25, 0.3) is 0 Å². The summed E-state index contributed by atoms with van der Waals surface area (Å²) in [7, 11) is 0. The van der Waals surface area contributed by atoms with Gasteiger partial charge in [-0.1, -0.05) is 29.8 Å². The van der Waals surface area contributed by atoms with Gasteiger partial charge in [-0.2, -0.15) is 4.98 Å². The summed E-state index contributed by atoms with van der Waals surface area (Å²) >= 11 is 6.08. The molecule has 1 heterocycles. The van der Waals surface area contributed by atoms with Crippen molar-refractivity contribution >= 4 is 17.4 Å². The van der Waals surface area contributed by atoms with E-state index >= 15 is 0 Å². The van der Waals surface area contributed by atoms with E-state index in [-0.39, 0.29) is 0 Å². The second kappa shape index (κ2) is 7.78. The highest BCUT2D eigenvalue weighted by Gasteiger charge is 2.07. The maximum atomic E-state index is 6.08. The minimum Gasteiger partial charge on any atom is -0.473 e. The normalized spacial score (nSPS) is 10.4. The fourth-order valence-corrected chi connectivity index (χ4v) is 1.84. The van der Waals surface area contributed by atoms with Crippen molar-refractivity contribution in [1.29, 1.82) is 0 Å². The predicted octanol–water partition coefficient (Wildman–Crippen LogP) is 2.53. The van der Waals surface area contributed by atoms with E-state index < -0.39 is 0 Å². The number of nitrogens with two attached hydrogens (primary N) is 1. The number of benzene rings is 1. The molecular formula is C14H17ClN4O2. The second-order valence-corrected chi connectivity index (χ2v) is 4.58. The van der Waals surface area contributed by atoms with Crippen molar-refractivity contribution in [1.82, 2.24) is 9.97 Å². The predicted molar refractivity (Wildman–Crippen MR) is 81.0 cm³/mol. The molecule has 0 bridgehead atoms. The third-order valence-corrected chi connectivity index (χ3v) is 3.03. The van der Waals surface area contributed by atoms with E-state index in [1.54, 1.807) is 6.07 Å². The average molecular weight is 309 g/mol. The molecule has 0 aliphatic carbocycles. The van der Waals surface area contributed by atoms with Crippen molar-refractivity contribution in [2.24, 2.45) is 5.84 Å². The molecule has 0 saturated heterocycles. The van der Waals surface area contributed by atoms with Gasteiger partial charge < -0.3 is 14.9 Å². The first-order valence-electron chi connectivity index (χ1n) is 6.51. The highest BCUT2D eigenvalue weighted by molar-refractivity contribution is 6.31. The van der Waals surface area contributed by atoms with Crippen molar-refractivity contribution in [3.63, 3.8) is 0 Å². The molecule has 0 amide bonds. The van der Waals surface area contributed by atoms with Crippen molar-refractivity contribution in [2.45, 2.75) is 20.1 Å². The van der Waals surface area contributed by atoms with Gasteiger partial charge in [0.05, 0.1) is 0 Å². The lowest BCUT2D eigenvalue weighted by Crippen LogP contribution is -2.12. The molecule has 6 nitrogen and oxygen atoms in total. The van der Waals surface area contributed by atoms with Gasteiger partial charge in [0.2, 0.25) is 5.88 Å². The van der Waals surface area contributed by atoms with Gasteiger partial charge in [-0.15, -0.1) is 0 Å². The number of rotatable bonds is 7. The lowest BCUT2D eigenvalue weighted by Gasteiger charge is -2.10. The molecule has 3 N–H and O–H groups in total. The summed E-state index contributed by atoms with van der Waals surface area (Å²) in [6, 6.07) is 9.09.